The third kappa shape index (κ3) is 4.17. The van der Waals surface area contributed by atoms with Gasteiger partial charge in [0.25, 0.3) is 0 Å². The molecule has 3 N–H and O–H groups in total. The van der Waals surface area contributed by atoms with E-state index in [1.807, 2.05) is 38.1 Å². The number of nitrogens with one attached hydrogen (secondary N) is 1. The average molecular weight is 624 g/mol. The van der Waals surface area contributed by atoms with E-state index in [0.717, 1.165) is 5.56 Å². The minimum atomic E-state index is -1.69. The summed E-state index contributed by atoms with van der Waals surface area (Å²) in [6.07, 6.45) is 0.649. The number of nitrogens with two attached hydrogens (primary N) is 1. The van der Waals surface area contributed by atoms with Gasteiger partial charge < -0.3 is 11.1 Å². The number of carbonyl (C=O) groups excluding carboxylic acids is 2. The molecule has 0 saturated heterocycles. The van der Waals surface area contributed by atoms with Crippen LogP contribution in [0.1, 0.15) is 43.4 Å². The third-order valence-corrected chi connectivity index (χ3v) is 10.6. The number of halogens is 2. The third-order valence-electron chi connectivity index (χ3n) is 7.76. The Labute approximate surface area is 255 Å². The van der Waals surface area contributed by atoms with E-state index in [0.29, 0.717) is 54.2 Å². The zero-order chi connectivity index (χ0) is 29.3. The first kappa shape index (κ1) is 27.8. The van der Waals surface area contributed by atoms with E-state index < -0.39 is 16.7 Å². The quantitative estimate of drug-likeness (QED) is 0.316. The number of benzene rings is 2. The highest BCUT2D eigenvalue weighted by atomic mass is 35.5. The number of rotatable bonds is 4. The first-order valence-electron chi connectivity index (χ1n) is 12.8. The zero-order valence-corrected chi connectivity index (χ0v) is 25.5. The molecule has 0 fully saturated rings. The maximum absolute atomic E-state index is 14.0. The normalized spacial score (nSPS) is 21.2. The van der Waals surface area contributed by atoms with Crippen molar-refractivity contribution in [1.82, 2.24) is 10.2 Å². The second kappa shape index (κ2) is 9.88. The van der Waals surface area contributed by atoms with Crippen LogP contribution < -0.4 is 16.0 Å². The molecule has 0 radical (unpaired) electrons. The molecule has 41 heavy (non-hydrogen) atoms. The van der Waals surface area contributed by atoms with Crippen molar-refractivity contribution < 1.29 is 9.59 Å². The summed E-state index contributed by atoms with van der Waals surface area (Å²) in [4.78, 5) is 29.7. The molecule has 1 spiro atoms. The fourth-order valence-corrected chi connectivity index (χ4v) is 8.25. The molecule has 3 heterocycles. The summed E-state index contributed by atoms with van der Waals surface area (Å²) >= 11 is 15.5. The molecule has 0 saturated carbocycles. The van der Waals surface area contributed by atoms with Crippen LogP contribution in [-0.2, 0) is 20.8 Å². The van der Waals surface area contributed by atoms with Crippen LogP contribution in [0.2, 0.25) is 10.0 Å². The zero-order valence-electron chi connectivity index (χ0n) is 22.3. The van der Waals surface area contributed by atoms with E-state index >= 15 is 0 Å². The Morgan fingerprint density at radius 2 is 1.90 bits per heavy atom. The van der Waals surface area contributed by atoms with E-state index in [9.17, 15) is 14.9 Å². The summed E-state index contributed by atoms with van der Waals surface area (Å²) in [7, 11) is 0. The minimum Gasteiger partial charge on any atom is -0.384 e. The van der Waals surface area contributed by atoms with E-state index in [4.69, 9.17) is 28.9 Å². The maximum Gasteiger partial charge on any atom is 0.245 e. The Kier molecular flexibility index (Phi) is 6.70. The number of hydrogen-bond donors (Lipinski definition) is 2. The van der Waals surface area contributed by atoms with Gasteiger partial charge in [0, 0.05) is 39.1 Å². The molecule has 1 aliphatic carbocycles. The van der Waals surface area contributed by atoms with Gasteiger partial charge in [-0.2, -0.15) is 5.26 Å². The number of thioether (sulfide) groups is 1. The van der Waals surface area contributed by atoms with Crippen LogP contribution >= 0.6 is 46.3 Å². The van der Waals surface area contributed by atoms with Crippen molar-refractivity contribution in [2.24, 2.45) is 11.1 Å². The van der Waals surface area contributed by atoms with Crippen LogP contribution in [0, 0.1) is 23.7 Å². The number of Topliss-reactive ketones (excluding diaryl/α,β-unsaturated/α-hetero) is 1. The molecule has 1 amide bonds. The fraction of sp³-hybridized carbons (Fsp3) is 0.276. The Hall–Kier alpha value is -3.36. The number of nitriles is 1. The van der Waals surface area contributed by atoms with Gasteiger partial charge in [-0.05, 0) is 42.0 Å². The number of anilines is 2. The summed E-state index contributed by atoms with van der Waals surface area (Å²) in [6, 6.07) is 13.2. The number of aromatic nitrogens is 2. The molecule has 0 unspecified atom stereocenters. The highest BCUT2D eigenvalue weighted by molar-refractivity contribution is 8.00. The van der Waals surface area contributed by atoms with Crippen molar-refractivity contribution in [2.75, 3.05) is 10.2 Å². The molecular weight excluding hydrogens is 599 g/mol. The van der Waals surface area contributed by atoms with Gasteiger partial charge in [-0.15, -0.1) is 10.2 Å². The molecule has 1 atom stereocenters. The van der Waals surface area contributed by atoms with E-state index in [1.54, 1.807) is 24.0 Å². The Balaban J connectivity index is 1.52. The van der Waals surface area contributed by atoms with Crippen molar-refractivity contribution in [3.05, 3.63) is 85.8 Å². The van der Waals surface area contributed by atoms with Gasteiger partial charge in [-0.25, -0.2) is 0 Å². The van der Waals surface area contributed by atoms with Gasteiger partial charge in [-0.1, -0.05) is 84.4 Å². The van der Waals surface area contributed by atoms with Crippen molar-refractivity contribution >= 4 is 68.8 Å². The number of ketones is 1. The lowest BCUT2D eigenvalue weighted by molar-refractivity contribution is -0.123. The predicted octanol–water partition coefficient (Wildman–Crippen LogP) is 6.49. The minimum absolute atomic E-state index is 0.0252. The number of amides is 1. The lowest BCUT2D eigenvalue weighted by Gasteiger charge is -2.45. The fourth-order valence-electron chi connectivity index (χ4n) is 5.93. The molecule has 12 heteroatoms. The van der Waals surface area contributed by atoms with Crippen molar-refractivity contribution in [3.63, 3.8) is 0 Å². The van der Waals surface area contributed by atoms with E-state index in [1.165, 1.54) is 23.1 Å². The molecule has 2 aliphatic heterocycles. The van der Waals surface area contributed by atoms with Crippen LogP contribution in [0.5, 0.6) is 0 Å². The Bertz CT molecular complexity index is 1770. The van der Waals surface area contributed by atoms with Crippen LogP contribution in [0.3, 0.4) is 0 Å². The largest absolute Gasteiger partial charge is 0.384 e. The van der Waals surface area contributed by atoms with E-state index in [2.05, 4.69) is 21.6 Å². The molecule has 8 nitrogen and oxygen atoms in total. The first-order chi connectivity index (χ1) is 19.5. The smallest absolute Gasteiger partial charge is 0.245 e. The van der Waals surface area contributed by atoms with Crippen LogP contribution in [0.15, 0.2) is 63.4 Å². The van der Waals surface area contributed by atoms with Gasteiger partial charge in [0.2, 0.25) is 11.0 Å². The summed E-state index contributed by atoms with van der Waals surface area (Å²) < 4.78 is 0.671. The number of fused-ring (bicyclic) bond motifs is 3. The van der Waals surface area contributed by atoms with E-state index in [-0.39, 0.29) is 29.2 Å². The second-order valence-corrected chi connectivity index (χ2v) is 14.0. The maximum atomic E-state index is 14.0. The topological polar surface area (TPSA) is 125 Å². The Morgan fingerprint density at radius 3 is 2.63 bits per heavy atom. The number of carbonyl (C=O) groups is 2. The molecule has 3 aliphatic rings. The number of allylic oxidation sites excluding steroid dienone is 1. The second-order valence-electron chi connectivity index (χ2n) is 11.0. The lowest BCUT2D eigenvalue weighted by Crippen LogP contribution is -2.52. The van der Waals surface area contributed by atoms with Crippen molar-refractivity contribution in [3.8, 4) is 6.07 Å². The predicted molar refractivity (Wildman–Crippen MR) is 162 cm³/mol. The molecular formula is C29H24Cl2N6O2S2. The van der Waals surface area contributed by atoms with Gasteiger partial charge in [0.05, 0.1) is 11.3 Å². The van der Waals surface area contributed by atoms with Crippen LogP contribution in [-0.4, -0.2) is 21.9 Å². The summed E-state index contributed by atoms with van der Waals surface area (Å²) in [5.74, 6) is -0.0725. The number of nitrogens with zero attached hydrogens (tertiary/aromatic N) is 4. The molecule has 6 rings (SSSR count). The van der Waals surface area contributed by atoms with Gasteiger partial charge in [0.15, 0.2) is 10.1 Å². The molecule has 3 aromatic rings. The summed E-state index contributed by atoms with van der Waals surface area (Å²) in [5.41, 5.74) is 8.08. The van der Waals surface area contributed by atoms with Gasteiger partial charge >= 0.3 is 0 Å². The highest BCUT2D eigenvalue weighted by Crippen LogP contribution is 2.58. The molecule has 0 bridgehead atoms. The molecule has 2 aromatic carbocycles. The standard InChI is InChI=1S/C29H24Cl2N6O2S2/c1-14-18(30)9-8-16-23(14)34-25(39)29(16)17(12-32)24(33)37(20-10-28(2,3)11-21(38)22(20)29)26-35-36-27(41-26)40-13-15-6-4-5-7-19(15)31/h4-9H,10-11,13,33H2,1-3H3,(H,34,39)/t29-/m1/s1. The number of hydrogen-bond acceptors (Lipinski definition) is 9. The molecule has 1 aromatic heterocycles. The summed E-state index contributed by atoms with van der Waals surface area (Å²) in [5, 5.41) is 23.8. The van der Waals surface area contributed by atoms with Crippen LogP contribution in [0.25, 0.3) is 0 Å². The van der Waals surface area contributed by atoms with Crippen molar-refractivity contribution in [2.45, 2.75) is 49.1 Å². The average Bonchev–Trinajstić information content (AvgIpc) is 3.48. The lowest BCUT2D eigenvalue weighted by atomic mass is 9.61. The first-order valence-corrected chi connectivity index (χ1v) is 15.3. The van der Waals surface area contributed by atoms with Gasteiger partial charge in [0.1, 0.15) is 17.3 Å². The van der Waals surface area contributed by atoms with Crippen molar-refractivity contribution in [1.29, 1.82) is 5.26 Å². The van der Waals surface area contributed by atoms with Gasteiger partial charge in [-0.3, -0.25) is 14.5 Å². The summed E-state index contributed by atoms with van der Waals surface area (Å²) in [6.45, 7) is 5.78. The molecule has 208 valence electrons. The monoisotopic (exact) mass is 622 g/mol. The highest BCUT2D eigenvalue weighted by Gasteiger charge is 2.61. The van der Waals surface area contributed by atoms with Crippen LogP contribution in [0.4, 0.5) is 10.8 Å². The Morgan fingerprint density at radius 1 is 1.15 bits per heavy atom. The SMILES string of the molecule is Cc1c(Cl)ccc2c1NC(=O)[C@@]21C(C#N)=C(N)N(c2nnc(SCc3ccccc3Cl)s2)C2=C1C(=O)CC(C)(C)C2.